The molecule has 0 heterocycles. The van der Waals surface area contributed by atoms with Crippen LogP contribution in [0.15, 0.2) is 24.3 Å². The van der Waals surface area contributed by atoms with Crippen molar-refractivity contribution in [2.24, 2.45) is 5.92 Å². The number of carbonyl (C=O) groups excluding carboxylic acids is 1. The minimum Gasteiger partial charge on any atom is -0.392 e. The summed E-state index contributed by atoms with van der Waals surface area (Å²) in [6.07, 6.45) is 4.18. The normalized spacial score (nSPS) is 14.8. The van der Waals surface area contributed by atoms with E-state index in [0.717, 1.165) is 23.6 Å². The van der Waals surface area contributed by atoms with Gasteiger partial charge in [0, 0.05) is 12.1 Å². The summed E-state index contributed by atoms with van der Waals surface area (Å²) in [7, 11) is 0. The van der Waals surface area contributed by atoms with E-state index in [-0.39, 0.29) is 12.5 Å². The molecule has 3 nitrogen and oxygen atoms in total. The maximum atomic E-state index is 11.6. The maximum absolute atomic E-state index is 11.6. The monoisotopic (exact) mass is 219 g/mol. The summed E-state index contributed by atoms with van der Waals surface area (Å²) in [6, 6.07) is 7.31. The van der Waals surface area contributed by atoms with E-state index in [9.17, 15) is 4.79 Å². The van der Waals surface area contributed by atoms with Crippen molar-refractivity contribution in [2.45, 2.75) is 32.3 Å². The van der Waals surface area contributed by atoms with Crippen LogP contribution in [-0.2, 0) is 11.4 Å². The summed E-state index contributed by atoms with van der Waals surface area (Å²) in [5.74, 6) is 0.858. The van der Waals surface area contributed by atoms with E-state index in [0.29, 0.717) is 6.42 Å². The molecule has 0 saturated heterocycles. The van der Waals surface area contributed by atoms with Gasteiger partial charge in [0.05, 0.1) is 6.61 Å². The number of hydrogen-bond donors (Lipinski definition) is 2. The molecule has 0 unspecified atom stereocenters. The Morgan fingerprint density at radius 2 is 2.25 bits per heavy atom. The predicted molar refractivity (Wildman–Crippen MR) is 63.0 cm³/mol. The Hall–Kier alpha value is -1.35. The van der Waals surface area contributed by atoms with Crippen molar-refractivity contribution in [3.05, 3.63) is 29.8 Å². The van der Waals surface area contributed by atoms with Gasteiger partial charge in [0.2, 0.25) is 5.91 Å². The quantitative estimate of drug-likeness (QED) is 0.798. The number of amides is 1. The number of nitrogens with one attached hydrogen (secondary N) is 1. The molecule has 1 aliphatic rings. The summed E-state index contributed by atoms with van der Waals surface area (Å²) in [5, 5.41) is 11.8. The van der Waals surface area contributed by atoms with Crippen molar-refractivity contribution in [2.75, 3.05) is 5.32 Å². The molecule has 0 bridgehead atoms. The number of benzene rings is 1. The molecular weight excluding hydrogens is 202 g/mol. The van der Waals surface area contributed by atoms with E-state index in [2.05, 4.69) is 5.32 Å². The fraction of sp³-hybridized carbons (Fsp3) is 0.462. The first-order chi connectivity index (χ1) is 7.78. The molecule has 16 heavy (non-hydrogen) atoms. The molecule has 1 amide bonds. The fourth-order valence-corrected chi connectivity index (χ4v) is 1.71. The van der Waals surface area contributed by atoms with Crippen LogP contribution >= 0.6 is 0 Å². The van der Waals surface area contributed by atoms with Crippen LogP contribution in [0.3, 0.4) is 0 Å². The molecule has 0 spiro atoms. The van der Waals surface area contributed by atoms with Gasteiger partial charge < -0.3 is 10.4 Å². The molecule has 2 N–H and O–H groups in total. The standard InChI is InChI=1S/C13H17NO2/c15-9-11-2-1-3-12(8-11)14-13(16)7-6-10-4-5-10/h1-3,8,10,15H,4-7,9H2,(H,14,16). The molecule has 86 valence electrons. The third kappa shape index (κ3) is 3.35. The molecule has 0 radical (unpaired) electrons. The van der Waals surface area contributed by atoms with Crippen molar-refractivity contribution in [3.8, 4) is 0 Å². The zero-order chi connectivity index (χ0) is 11.4. The summed E-state index contributed by atoms with van der Waals surface area (Å²) in [4.78, 5) is 11.6. The minimum absolute atomic E-state index is 0.00574. The zero-order valence-electron chi connectivity index (χ0n) is 9.28. The number of aliphatic hydroxyl groups excluding tert-OH is 1. The van der Waals surface area contributed by atoms with Crippen molar-refractivity contribution in [3.63, 3.8) is 0 Å². The number of hydrogen-bond acceptors (Lipinski definition) is 2. The summed E-state index contributed by atoms with van der Waals surface area (Å²) < 4.78 is 0. The molecule has 2 rings (SSSR count). The van der Waals surface area contributed by atoms with Crippen molar-refractivity contribution < 1.29 is 9.90 Å². The average molecular weight is 219 g/mol. The lowest BCUT2D eigenvalue weighted by Gasteiger charge is -2.06. The van der Waals surface area contributed by atoms with Crippen LogP contribution in [0.4, 0.5) is 5.69 Å². The van der Waals surface area contributed by atoms with Crippen LogP contribution in [0.25, 0.3) is 0 Å². The molecule has 0 aromatic heterocycles. The first-order valence-electron chi connectivity index (χ1n) is 5.77. The summed E-state index contributed by atoms with van der Waals surface area (Å²) >= 11 is 0. The second-order valence-electron chi connectivity index (χ2n) is 4.39. The third-order valence-corrected chi connectivity index (χ3v) is 2.87. The molecular formula is C13H17NO2. The Kier molecular flexibility index (Phi) is 3.57. The van der Waals surface area contributed by atoms with Crippen LogP contribution in [0, 0.1) is 5.92 Å². The average Bonchev–Trinajstić information content (AvgIpc) is 3.10. The van der Waals surface area contributed by atoms with Crippen LogP contribution in [0.2, 0.25) is 0 Å². The first kappa shape index (κ1) is 11.1. The number of carbonyl (C=O) groups is 1. The first-order valence-corrected chi connectivity index (χ1v) is 5.77. The Labute approximate surface area is 95.5 Å². The number of rotatable bonds is 5. The van der Waals surface area contributed by atoms with E-state index in [1.807, 2.05) is 18.2 Å². The third-order valence-electron chi connectivity index (χ3n) is 2.87. The second-order valence-corrected chi connectivity index (χ2v) is 4.39. The van der Waals surface area contributed by atoms with Gasteiger partial charge in [-0.05, 0) is 30.0 Å². The van der Waals surface area contributed by atoms with Gasteiger partial charge in [-0.25, -0.2) is 0 Å². The highest BCUT2D eigenvalue weighted by molar-refractivity contribution is 5.90. The molecule has 1 saturated carbocycles. The molecule has 3 heteroatoms. The van der Waals surface area contributed by atoms with Gasteiger partial charge in [-0.3, -0.25) is 4.79 Å². The van der Waals surface area contributed by atoms with Crippen LogP contribution < -0.4 is 5.32 Å². The molecule has 1 fully saturated rings. The van der Waals surface area contributed by atoms with Gasteiger partial charge in [-0.1, -0.05) is 25.0 Å². The van der Waals surface area contributed by atoms with Crippen LogP contribution in [0.1, 0.15) is 31.2 Å². The summed E-state index contributed by atoms with van der Waals surface area (Å²) in [6.45, 7) is 0.00574. The highest BCUT2D eigenvalue weighted by Gasteiger charge is 2.21. The molecule has 1 aliphatic carbocycles. The van der Waals surface area contributed by atoms with Crippen molar-refractivity contribution >= 4 is 11.6 Å². The van der Waals surface area contributed by atoms with E-state index >= 15 is 0 Å². The predicted octanol–water partition coefficient (Wildman–Crippen LogP) is 2.31. The molecule has 1 aromatic carbocycles. The van der Waals surface area contributed by atoms with Gasteiger partial charge in [0.1, 0.15) is 0 Å². The van der Waals surface area contributed by atoms with Gasteiger partial charge in [-0.15, -0.1) is 0 Å². The maximum Gasteiger partial charge on any atom is 0.224 e. The largest absolute Gasteiger partial charge is 0.392 e. The number of anilines is 1. The van der Waals surface area contributed by atoms with E-state index in [4.69, 9.17) is 5.11 Å². The Bertz CT molecular complexity index is 372. The lowest BCUT2D eigenvalue weighted by molar-refractivity contribution is -0.116. The minimum atomic E-state index is 0.00574. The summed E-state index contributed by atoms with van der Waals surface area (Å²) in [5.41, 5.74) is 1.59. The van der Waals surface area contributed by atoms with Gasteiger partial charge in [0.25, 0.3) is 0 Å². The Morgan fingerprint density at radius 3 is 2.94 bits per heavy atom. The van der Waals surface area contributed by atoms with Crippen LogP contribution in [-0.4, -0.2) is 11.0 Å². The van der Waals surface area contributed by atoms with E-state index < -0.39 is 0 Å². The molecule has 0 aliphatic heterocycles. The van der Waals surface area contributed by atoms with E-state index in [1.165, 1.54) is 12.8 Å². The van der Waals surface area contributed by atoms with Crippen LogP contribution in [0.5, 0.6) is 0 Å². The topological polar surface area (TPSA) is 49.3 Å². The van der Waals surface area contributed by atoms with Gasteiger partial charge in [-0.2, -0.15) is 0 Å². The van der Waals surface area contributed by atoms with Gasteiger partial charge in [0.15, 0.2) is 0 Å². The van der Waals surface area contributed by atoms with Gasteiger partial charge >= 0.3 is 0 Å². The van der Waals surface area contributed by atoms with Crippen molar-refractivity contribution in [1.29, 1.82) is 0 Å². The fourth-order valence-electron chi connectivity index (χ4n) is 1.71. The Morgan fingerprint density at radius 1 is 1.44 bits per heavy atom. The Balaban J connectivity index is 1.83. The highest BCUT2D eigenvalue weighted by atomic mass is 16.3. The lowest BCUT2D eigenvalue weighted by Crippen LogP contribution is -2.11. The van der Waals surface area contributed by atoms with Crippen molar-refractivity contribution in [1.82, 2.24) is 0 Å². The number of aliphatic hydroxyl groups is 1. The molecule has 1 aromatic rings. The van der Waals surface area contributed by atoms with E-state index in [1.54, 1.807) is 6.07 Å². The second kappa shape index (κ2) is 5.12. The highest BCUT2D eigenvalue weighted by Crippen LogP contribution is 2.33. The smallest absolute Gasteiger partial charge is 0.224 e. The zero-order valence-corrected chi connectivity index (χ0v) is 9.28. The lowest BCUT2D eigenvalue weighted by atomic mass is 10.2. The SMILES string of the molecule is O=C(CCC1CC1)Nc1cccc(CO)c1. The molecule has 0 atom stereocenters.